The number of ether oxygens (including phenoxy) is 1. The Balaban J connectivity index is 2.18. The molecule has 4 heteroatoms. The van der Waals surface area contributed by atoms with Crippen LogP contribution in [0, 0.1) is 12.7 Å². The zero-order valence-corrected chi connectivity index (χ0v) is 12.2. The molecule has 0 aliphatic rings. The number of hydrogen-bond acceptors (Lipinski definition) is 2. The van der Waals surface area contributed by atoms with E-state index in [9.17, 15) is 4.39 Å². The maximum atomic E-state index is 13.1. The van der Waals surface area contributed by atoms with Crippen LogP contribution in [-0.4, -0.2) is 0 Å². The summed E-state index contributed by atoms with van der Waals surface area (Å²) in [6.45, 7) is 4.10. The summed E-state index contributed by atoms with van der Waals surface area (Å²) in [5.41, 5.74) is 8.58. The number of nitrogens with two attached hydrogens (primary N) is 1. The van der Waals surface area contributed by atoms with Gasteiger partial charge in [-0.25, -0.2) is 4.39 Å². The third-order valence-electron chi connectivity index (χ3n) is 3.15. The molecule has 2 N–H and O–H groups in total. The molecule has 1 atom stereocenters. The largest absolute Gasteiger partial charge is 0.489 e. The van der Waals surface area contributed by atoms with Gasteiger partial charge in [-0.2, -0.15) is 0 Å². The van der Waals surface area contributed by atoms with E-state index in [0.717, 1.165) is 16.7 Å². The molecule has 2 nitrogen and oxygen atoms in total. The normalized spacial score (nSPS) is 12.2. The summed E-state index contributed by atoms with van der Waals surface area (Å²) >= 11 is 5.97. The monoisotopic (exact) mass is 293 g/mol. The molecule has 0 radical (unpaired) electrons. The van der Waals surface area contributed by atoms with Gasteiger partial charge in [0.05, 0.1) is 0 Å². The molecule has 0 saturated heterocycles. The second-order valence-electron chi connectivity index (χ2n) is 4.83. The van der Waals surface area contributed by atoms with Gasteiger partial charge < -0.3 is 10.5 Å². The van der Waals surface area contributed by atoms with Gasteiger partial charge in [-0.05, 0) is 55.3 Å². The number of rotatable bonds is 4. The SMILES string of the molecule is Cc1cc(F)ccc1COc1ccc(Cl)cc1C(C)N. The Labute approximate surface area is 123 Å². The molecule has 0 spiro atoms. The lowest BCUT2D eigenvalue weighted by atomic mass is 10.1. The molecule has 0 saturated carbocycles. The molecule has 2 aromatic carbocycles. The second kappa shape index (κ2) is 6.25. The summed E-state index contributed by atoms with van der Waals surface area (Å²) in [6, 6.07) is 9.86. The van der Waals surface area contributed by atoms with Gasteiger partial charge in [0.15, 0.2) is 0 Å². The minimum Gasteiger partial charge on any atom is -0.489 e. The maximum Gasteiger partial charge on any atom is 0.124 e. The topological polar surface area (TPSA) is 35.2 Å². The van der Waals surface area contributed by atoms with Crippen molar-refractivity contribution in [3.8, 4) is 5.75 Å². The molecule has 2 rings (SSSR count). The van der Waals surface area contributed by atoms with Crippen molar-refractivity contribution in [2.24, 2.45) is 5.73 Å². The molecule has 0 bridgehead atoms. The molecular weight excluding hydrogens is 277 g/mol. The van der Waals surface area contributed by atoms with Crippen LogP contribution in [0.2, 0.25) is 5.02 Å². The van der Waals surface area contributed by atoms with Crippen LogP contribution < -0.4 is 10.5 Å². The molecule has 2 aromatic rings. The Hall–Kier alpha value is -1.58. The third-order valence-corrected chi connectivity index (χ3v) is 3.39. The van der Waals surface area contributed by atoms with E-state index < -0.39 is 0 Å². The van der Waals surface area contributed by atoms with Crippen LogP contribution in [0.5, 0.6) is 5.75 Å². The first-order valence-corrected chi connectivity index (χ1v) is 6.78. The molecule has 0 amide bonds. The lowest BCUT2D eigenvalue weighted by Gasteiger charge is -2.15. The van der Waals surface area contributed by atoms with Gasteiger partial charge in [-0.1, -0.05) is 17.7 Å². The van der Waals surface area contributed by atoms with Crippen molar-refractivity contribution in [1.82, 2.24) is 0 Å². The van der Waals surface area contributed by atoms with Gasteiger partial charge in [0.25, 0.3) is 0 Å². The summed E-state index contributed by atoms with van der Waals surface area (Å²) in [6.07, 6.45) is 0. The van der Waals surface area contributed by atoms with E-state index in [1.54, 1.807) is 24.3 Å². The van der Waals surface area contributed by atoms with Crippen LogP contribution in [0.3, 0.4) is 0 Å². The zero-order valence-electron chi connectivity index (χ0n) is 11.5. The van der Waals surface area contributed by atoms with Crippen molar-refractivity contribution in [2.45, 2.75) is 26.5 Å². The maximum absolute atomic E-state index is 13.1. The van der Waals surface area contributed by atoms with Gasteiger partial charge in [-0.3, -0.25) is 0 Å². The zero-order chi connectivity index (χ0) is 14.7. The molecular formula is C16H17ClFNO. The Morgan fingerprint density at radius 2 is 2.00 bits per heavy atom. The number of halogens is 2. The highest BCUT2D eigenvalue weighted by atomic mass is 35.5. The summed E-state index contributed by atoms with van der Waals surface area (Å²) in [4.78, 5) is 0. The summed E-state index contributed by atoms with van der Waals surface area (Å²) < 4.78 is 18.9. The van der Waals surface area contributed by atoms with Gasteiger partial charge in [0.1, 0.15) is 18.2 Å². The van der Waals surface area contributed by atoms with Crippen molar-refractivity contribution in [1.29, 1.82) is 0 Å². The summed E-state index contributed by atoms with van der Waals surface area (Å²) in [5.74, 6) is 0.460. The molecule has 0 heterocycles. The van der Waals surface area contributed by atoms with E-state index in [0.29, 0.717) is 17.4 Å². The lowest BCUT2D eigenvalue weighted by Crippen LogP contribution is -2.08. The first-order valence-electron chi connectivity index (χ1n) is 6.40. The van der Waals surface area contributed by atoms with Crippen molar-refractivity contribution in [3.05, 3.63) is 63.9 Å². The molecule has 0 fully saturated rings. The van der Waals surface area contributed by atoms with Crippen LogP contribution >= 0.6 is 11.6 Å². The second-order valence-corrected chi connectivity index (χ2v) is 5.27. The van der Waals surface area contributed by atoms with Crippen LogP contribution in [0.4, 0.5) is 4.39 Å². The standard InChI is InChI=1S/C16H17ClFNO/c1-10-7-14(18)5-3-12(10)9-20-16-6-4-13(17)8-15(16)11(2)19/h3-8,11H,9,19H2,1-2H3. The molecule has 0 aliphatic carbocycles. The molecule has 20 heavy (non-hydrogen) atoms. The van der Waals surface area contributed by atoms with Crippen LogP contribution in [0.15, 0.2) is 36.4 Å². The van der Waals surface area contributed by atoms with E-state index >= 15 is 0 Å². The Morgan fingerprint density at radius 3 is 2.65 bits per heavy atom. The fourth-order valence-corrected chi connectivity index (χ4v) is 2.16. The van der Waals surface area contributed by atoms with Gasteiger partial charge in [-0.15, -0.1) is 0 Å². The minimum atomic E-state index is -0.242. The van der Waals surface area contributed by atoms with Gasteiger partial charge >= 0.3 is 0 Å². The Bertz CT molecular complexity index is 613. The Morgan fingerprint density at radius 1 is 1.25 bits per heavy atom. The van der Waals surface area contributed by atoms with E-state index in [1.807, 2.05) is 13.8 Å². The average molecular weight is 294 g/mol. The number of benzene rings is 2. The Kier molecular flexibility index (Phi) is 4.63. The quantitative estimate of drug-likeness (QED) is 0.907. The van der Waals surface area contributed by atoms with Gasteiger partial charge in [0.2, 0.25) is 0 Å². The first kappa shape index (κ1) is 14.8. The van der Waals surface area contributed by atoms with E-state index in [4.69, 9.17) is 22.1 Å². The van der Waals surface area contributed by atoms with Crippen molar-refractivity contribution in [2.75, 3.05) is 0 Å². The van der Waals surface area contributed by atoms with Crippen LogP contribution in [0.1, 0.15) is 29.7 Å². The van der Waals surface area contributed by atoms with Crippen LogP contribution in [-0.2, 0) is 6.61 Å². The molecule has 1 unspecified atom stereocenters. The smallest absolute Gasteiger partial charge is 0.124 e. The predicted molar refractivity (Wildman–Crippen MR) is 79.5 cm³/mol. The van der Waals surface area contributed by atoms with Gasteiger partial charge in [0, 0.05) is 16.6 Å². The number of hydrogen-bond donors (Lipinski definition) is 1. The lowest BCUT2D eigenvalue weighted by molar-refractivity contribution is 0.300. The average Bonchev–Trinajstić information content (AvgIpc) is 2.38. The van der Waals surface area contributed by atoms with Crippen molar-refractivity contribution < 1.29 is 9.13 Å². The first-order chi connectivity index (χ1) is 9.47. The fraction of sp³-hybridized carbons (Fsp3) is 0.250. The highest BCUT2D eigenvalue weighted by Gasteiger charge is 2.10. The molecule has 106 valence electrons. The van der Waals surface area contributed by atoms with E-state index in [1.165, 1.54) is 12.1 Å². The van der Waals surface area contributed by atoms with Crippen LogP contribution in [0.25, 0.3) is 0 Å². The summed E-state index contributed by atoms with van der Waals surface area (Å²) in [5, 5.41) is 0.627. The fourth-order valence-electron chi connectivity index (χ4n) is 1.98. The summed E-state index contributed by atoms with van der Waals surface area (Å²) in [7, 11) is 0. The van der Waals surface area contributed by atoms with Crippen molar-refractivity contribution >= 4 is 11.6 Å². The molecule has 0 aliphatic heterocycles. The highest BCUT2D eigenvalue weighted by Crippen LogP contribution is 2.28. The highest BCUT2D eigenvalue weighted by molar-refractivity contribution is 6.30. The third kappa shape index (κ3) is 3.50. The van der Waals surface area contributed by atoms with E-state index in [-0.39, 0.29) is 11.9 Å². The predicted octanol–water partition coefficient (Wildman–Crippen LogP) is 4.39. The minimum absolute atomic E-state index is 0.169. The van der Waals surface area contributed by atoms with E-state index in [2.05, 4.69) is 0 Å². The number of aryl methyl sites for hydroxylation is 1. The molecule has 0 aromatic heterocycles. The van der Waals surface area contributed by atoms with Crippen molar-refractivity contribution in [3.63, 3.8) is 0 Å².